The lowest BCUT2D eigenvalue weighted by Crippen LogP contribution is -2.30. The number of nitrogens with one attached hydrogen (secondary N) is 1. The standard InChI is InChI=1S/C13H22ClFN4/c1-3-6-19(4-2)7-5-18-13-10(17)8-9(16)11(14)12(13)15/h8,18H,3-7,16-17H2,1-2H3. The predicted molar refractivity (Wildman–Crippen MR) is 81.1 cm³/mol. The van der Waals surface area contributed by atoms with Gasteiger partial charge in [-0.3, -0.25) is 0 Å². The number of rotatable bonds is 7. The zero-order chi connectivity index (χ0) is 14.4. The van der Waals surface area contributed by atoms with Crippen molar-refractivity contribution in [2.45, 2.75) is 20.3 Å². The second-order valence-electron chi connectivity index (χ2n) is 4.42. The first-order valence-corrected chi connectivity index (χ1v) is 6.88. The van der Waals surface area contributed by atoms with Gasteiger partial charge in [0.15, 0.2) is 5.82 Å². The molecule has 0 bridgehead atoms. The number of anilines is 3. The van der Waals surface area contributed by atoms with Crippen LogP contribution in [0, 0.1) is 5.82 Å². The van der Waals surface area contributed by atoms with Crippen molar-refractivity contribution in [2.75, 3.05) is 43.0 Å². The molecule has 0 spiro atoms. The summed E-state index contributed by atoms with van der Waals surface area (Å²) in [7, 11) is 0. The van der Waals surface area contributed by atoms with Crippen molar-refractivity contribution in [3.63, 3.8) is 0 Å². The maximum absolute atomic E-state index is 13.9. The van der Waals surface area contributed by atoms with Gasteiger partial charge in [-0.25, -0.2) is 4.39 Å². The highest BCUT2D eigenvalue weighted by molar-refractivity contribution is 6.33. The van der Waals surface area contributed by atoms with Gasteiger partial charge in [-0.15, -0.1) is 0 Å². The summed E-state index contributed by atoms with van der Waals surface area (Å²) < 4.78 is 13.9. The molecule has 6 heteroatoms. The smallest absolute Gasteiger partial charge is 0.169 e. The largest absolute Gasteiger partial charge is 0.397 e. The van der Waals surface area contributed by atoms with Crippen molar-refractivity contribution < 1.29 is 4.39 Å². The Balaban J connectivity index is 2.66. The van der Waals surface area contributed by atoms with Crippen molar-refractivity contribution >= 4 is 28.7 Å². The van der Waals surface area contributed by atoms with Crippen molar-refractivity contribution in [2.24, 2.45) is 0 Å². The summed E-state index contributed by atoms with van der Waals surface area (Å²) in [5, 5.41) is 2.91. The van der Waals surface area contributed by atoms with Gasteiger partial charge in [-0.1, -0.05) is 25.4 Å². The second kappa shape index (κ2) is 7.40. The SMILES string of the molecule is CCCN(CC)CCNc1c(N)cc(N)c(Cl)c1F. The molecule has 0 aliphatic rings. The molecule has 0 unspecified atom stereocenters. The van der Waals surface area contributed by atoms with Crippen molar-refractivity contribution in [3.05, 3.63) is 16.9 Å². The average Bonchev–Trinajstić information content (AvgIpc) is 2.38. The summed E-state index contributed by atoms with van der Waals surface area (Å²) >= 11 is 5.77. The van der Waals surface area contributed by atoms with Crippen LogP contribution in [0.15, 0.2) is 6.07 Å². The molecule has 1 aromatic rings. The van der Waals surface area contributed by atoms with Gasteiger partial charge in [0.2, 0.25) is 0 Å². The molecule has 0 fully saturated rings. The molecule has 0 atom stereocenters. The van der Waals surface area contributed by atoms with E-state index in [9.17, 15) is 4.39 Å². The van der Waals surface area contributed by atoms with E-state index in [1.54, 1.807) is 0 Å². The molecular formula is C13H22ClFN4. The lowest BCUT2D eigenvalue weighted by atomic mass is 10.2. The first-order chi connectivity index (χ1) is 9.01. The highest BCUT2D eigenvalue weighted by Crippen LogP contribution is 2.33. The molecule has 1 aromatic carbocycles. The van der Waals surface area contributed by atoms with Crippen molar-refractivity contribution in [1.82, 2.24) is 4.90 Å². The summed E-state index contributed by atoms with van der Waals surface area (Å²) in [5.74, 6) is -0.585. The summed E-state index contributed by atoms with van der Waals surface area (Å²) in [4.78, 5) is 2.28. The van der Waals surface area contributed by atoms with Gasteiger partial charge >= 0.3 is 0 Å². The van der Waals surface area contributed by atoms with Gasteiger partial charge in [0, 0.05) is 13.1 Å². The molecule has 0 aliphatic carbocycles. The van der Waals surface area contributed by atoms with Gasteiger partial charge in [-0.05, 0) is 25.6 Å². The molecule has 108 valence electrons. The van der Waals surface area contributed by atoms with E-state index in [2.05, 4.69) is 24.1 Å². The topological polar surface area (TPSA) is 67.3 Å². The number of nitrogens with two attached hydrogens (primary N) is 2. The lowest BCUT2D eigenvalue weighted by Gasteiger charge is -2.20. The number of hydrogen-bond acceptors (Lipinski definition) is 4. The lowest BCUT2D eigenvalue weighted by molar-refractivity contribution is 0.300. The molecule has 0 radical (unpaired) electrons. The predicted octanol–water partition coefficient (Wildman–Crippen LogP) is 2.79. The minimum atomic E-state index is -0.585. The van der Waals surface area contributed by atoms with Gasteiger partial charge in [0.05, 0.1) is 17.1 Å². The van der Waals surface area contributed by atoms with E-state index in [0.717, 1.165) is 26.1 Å². The fourth-order valence-corrected chi connectivity index (χ4v) is 2.08. The first-order valence-electron chi connectivity index (χ1n) is 6.50. The molecule has 19 heavy (non-hydrogen) atoms. The number of benzene rings is 1. The second-order valence-corrected chi connectivity index (χ2v) is 4.80. The van der Waals surface area contributed by atoms with Crippen LogP contribution in [0.25, 0.3) is 0 Å². The van der Waals surface area contributed by atoms with Crippen LogP contribution >= 0.6 is 11.6 Å². The van der Waals surface area contributed by atoms with Crippen LogP contribution in [0.4, 0.5) is 21.5 Å². The van der Waals surface area contributed by atoms with Crippen LogP contribution in [0.3, 0.4) is 0 Å². The number of likely N-dealkylation sites (N-methyl/N-ethyl adjacent to an activating group) is 1. The van der Waals surface area contributed by atoms with Gasteiger partial charge in [-0.2, -0.15) is 0 Å². The minimum absolute atomic E-state index is 0.0856. The van der Waals surface area contributed by atoms with E-state index in [4.69, 9.17) is 23.1 Å². The molecule has 0 aliphatic heterocycles. The van der Waals surface area contributed by atoms with E-state index >= 15 is 0 Å². The summed E-state index contributed by atoms with van der Waals surface area (Å²) in [6.45, 7) is 7.66. The number of halogens is 2. The number of nitrogen functional groups attached to an aromatic ring is 2. The fourth-order valence-electron chi connectivity index (χ4n) is 1.93. The summed E-state index contributed by atoms with van der Waals surface area (Å²) in [6.07, 6.45) is 1.10. The highest BCUT2D eigenvalue weighted by Gasteiger charge is 2.14. The Labute approximate surface area is 118 Å². The van der Waals surface area contributed by atoms with E-state index < -0.39 is 5.82 Å². The fraction of sp³-hybridized carbons (Fsp3) is 0.538. The Morgan fingerprint density at radius 3 is 2.53 bits per heavy atom. The normalized spacial score (nSPS) is 11.0. The zero-order valence-electron chi connectivity index (χ0n) is 11.5. The van der Waals surface area contributed by atoms with Crippen LogP contribution in [0.2, 0.25) is 5.02 Å². The highest BCUT2D eigenvalue weighted by atomic mass is 35.5. The molecule has 5 N–H and O–H groups in total. The molecule has 1 rings (SSSR count). The molecule has 0 saturated heterocycles. The first kappa shape index (κ1) is 15.9. The maximum atomic E-state index is 13.9. The van der Waals surface area contributed by atoms with Gasteiger partial charge in [0.25, 0.3) is 0 Å². The van der Waals surface area contributed by atoms with Gasteiger partial charge < -0.3 is 21.7 Å². The third-order valence-corrected chi connectivity index (χ3v) is 3.37. The Hall–Kier alpha value is -1.20. The number of hydrogen-bond donors (Lipinski definition) is 3. The zero-order valence-corrected chi connectivity index (χ0v) is 12.2. The van der Waals surface area contributed by atoms with E-state index in [-0.39, 0.29) is 22.1 Å². The van der Waals surface area contributed by atoms with Crippen LogP contribution in [0.1, 0.15) is 20.3 Å². The van der Waals surface area contributed by atoms with Crippen molar-refractivity contribution in [3.8, 4) is 0 Å². The van der Waals surface area contributed by atoms with Crippen LogP contribution < -0.4 is 16.8 Å². The van der Waals surface area contributed by atoms with E-state index in [1.807, 2.05) is 0 Å². The van der Waals surface area contributed by atoms with Crippen LogP contribution in [-0.4, -0.2) is 31.1 Å². The van der Waals surface area contributed by atoms with E-state index in [0.29, 0.717) is 6.54 Å². The molecule has 0 amide bonds. The van der Waals surface area contributed by atoms with Crippen molar-refractivity contribution in [1.29, 1.82) is 0 Å². The Morgan fingerprint density at radius 1 is 1.26 bits per heavy atom. The minimum Gasteiger partial charge on any atom is -0.397 e. The van der Waals surface area contributed by atoms with E-state index in [1.165, 1.54) is 6.07 Å². The van der Waals surface area contributed by atoms with Crippen LogP contribution in [-0.2, 0) is 0 Å². The summed E-state index contributed by atoms with van der Waals surface area (Å²) in [5.41, 5.74) is 11.9. The molecule has 0 saturated carbocycles. The Morgan fingerprint density at radius 2 is 1.95 bits per heavy atom. The average molecular weight is 289 g/mol. The quantitative estimate of drug-likeness (QED) is 0.675. The Kier molecular flexibility index (Phi) is 6.18. The monoisotopic (exact) mass is 288 g/mol. The molecular weight excluding hydrogens is 267 g/mol. The summed E-state index contributed by atoms with van der Waals surface area (Å²) in [6, 6.07) is 1.47. The molecule has 0 aromatic heterocycles. The Bertz CT molecular complexity index is 426. The number of nitrogens with zero attached hydrogens (tertiary/aromatic N) is 1. The molecule has 0 heterocycles. The third kappa shape index (κ3) is 4.14. The van der Waals surface area contributed by atoms with Crippen LogP contribution in [0.5, 0.6) is 0 Å². The third-order valence-electron chi connectivity index (χ3n) is 2.98. The maximum Gasteiger partial charge on any atom is 0.169 e. The molecule has 4 nitrogen and oxygen atoms in total. The van der Waals surface area contributed by atoms with Gasteiger partial charge in [0.1, 0.15) is 5.02 Å².